The van der Waals surface area contributed by atoms with Crippen LogP contribution in [0.1, 0.15) is 24.2 Å². The lowest BCUT2D eigenvalue weighted by Crippen LogP contribution is -2.29. The van der Waals surface area contributed by atoms with E-state index in [0.29, 0.717) is 10.9 Å². The highest BCUT2D eigenvalue weighted by Gasteiger charge is 2.12. The minimum absolute atomic E-state index is 0.0893. The Morgan fingerprint density at radius 3 is 2.29 bits per heavy atom. The lowest BCUT2D eigenvalue weighted by Gasteiger charge is -2.10. The van der Waals surface area contributed by atoms with Crippen molar-refractivity contribution in [2.24, 2.45) is 7.05 Å². The second-order valence-corrected chi connectivity index (χ2v) is 6.03. The minimum Gasteiger partial charge on any atom is -0.350 e. The van der Waals surface area contributed by atoms with Crippen LogP contribution in [0, 0.1) is 0 Å². The molecule has 1 aromatic heterocycles. The molecule has 5 heteroatoms. The summed E-state index contributed by atoms with van der Waals surface area (Å²) in [6, 6.07) is 14.8. The third-order valence-corrected chi connectivity index (χ3v) is 3.80. The molecule has 0 bridgehead atoms. The standard InChI is InChI=1S/C19H19N3O2/c1-12(2)20-18(23)14-10-8-13(9-11-14)17-15-6-4-5-7-16(15)19(24)22(3)21-17/h4-12H,1-3H3,(H,20,23). The molecule has 0 unspecified atom stereocenters. The average molecular weight is 321 g/mol. The van der Waals surface area contributed by atoms with Crippen molar-refractivity contribution in [1.29, 1.82) is 0 Å². The van der Waals surface area contributed by atoms with Crippen molar-refractivity contribution in [3.8, 4) is 11.3 Å². The van der Waals surface area contributed by atoms with Gasteiger partial charge in [-0.2, -0.15) is 5.10 Å². The fraction of sp³-hybridized carbons (Fsp3) is 0.211. The summed E-state index contributed by atoms with van der Waals surface area (Å²) in [5, 5.41) is 8.70. The number of nitrogens with one attached hydrogen (secondary N) is 1. The van der Waals surface area contributed by atoms with Crippen LogP contribution in [0.2, 0.25) is 0 Å². The first-order chi connectivity index (χ1) is 11.5. The smallest absolute Gasteiger partial charge is 0.274 e. The molecule has 2 aromatic carbocycles. The predicted molar refractivity (Wildman–Crippen MR) is 95.0 cm³/mol. The van der Waals surface area contributed by atoms with Crippen LogP contribution in [-0.4, -0.2) is 21.7 Å². The van der Waals surface area contributed by atoms with Crippen molar-refractivity contribution in [2.75, 3.05) is 0 Å². The molecule has 0 aliphatic heterocycles. The monoisotopic (exact) mass is 321 g/mol. The highest BCUT2D eigenvalue weighted by molar-refractivity contribution is 5.96. The van der Waals surface area contributed by atoms with Gasteiger partial charge in [0.05, 0.1) is 11.1 Å². The Morgan fingerprint density at radius 2 is 1.67 bits per heavy atom. The molecule has 0 aliphatic carbocycles. The maximum absolute atomic E-state index is 12.2. The van der Waals surface area contributed by atoms with E-state index in [1.54, 1.807) is 25.2 Å². The first-order valence-corrected chi connectivity index (χ1v) is 7.84. The average Bonchev–Trinajstić information content (AvgIpc) is 2.58. The van der Waals surface area contributed by atoms with E-state index in [-0.39, 0.29) is 17.5 Å². The number of rotatable bonds is 3. The van der Waals surface area contributed by atoms with Crippen molar-refractivity contribution in [1.82, 2.24) is 15.1 Å². The van der Waals surface area contributed by atoms with Crippen molar-refractivity contribution in [3.63, 3.8) is 0 Å². The van der Waals surface area contributed by atoms with Gasteiger partial charge in [0, 0.05) is 29.6 Å². The second kappa shape index (κ2) is 6.28. The van der Waals surface area contributed by atoms with Crippen LogP contribution in [0.15, 0.2) is 53.3 Å². The zero-order valence-corrected chi connectivity index (χ0v) is 13.9. The summed E-state index contributed by atoms with van der Waals surface area (Å²) in [6.45, 7) is 3.85. The highest BCUT2D eigenvalue weighted by atomic mass is 16.1. The zero-order chi connectivity index (χ0) is 17.3. The number of aryl methyl sites for hydroxylation is 1. The van der Waals surface area contributed by atoms with Crippen LogP contribution in [0.5, 0.6) is 0 Å². The fourth-order valence-corrected chi connectivity index (χ4v) is 2.64. The highest BCUT2D eigenvalue weighted by Crippen LogP contribution is 2.24. The third-order valence-electron chi connectivity index (χ3n) is 3.80. The van der Waals surface area contributed by atoms with E-state index in [0.717, 1.165) is 16.6 Å². The van der Waals surface area contributed by atoms with E-state index in [2.05, 4.69) is 10.4 Å². The molecular weight excluding hydrogens is 302 g/mol. The van der Waals surface area contributed by atoms with Crippen LogP contribution in [0.25, 0.3) is 22.0 Å². The number of carbonyl (C=O) groups excluding carboxylic acids is 1. The maximum Gasteiger partial charge on any atom is 0.274 e. The Bertz CT molecular complexity index is 957. The van der Waals surface area contributed by atoms with E-state index >= 15 is 0 Å². The Morgan fingerprint density at radius 1 is 1.04 bits per heavy atom. The summed E-state index contributed by atoms with van der Waals surface area (Å²) in [5.41, 5.74) is 2.07. The summed E-state index contributed by atoms with van der Waals surface area (Å²) in [4.78, 5) is 24.2. The van der Waals surface area contributed by atoms with Gasteiger partial charge in [0.25, 0.3) is 11.5 Å². The molecule has 24 heavy (non-hydrogen) atoms. The number of hydrogen-bond donors (Lipinski definition) is 1. The summed E-state index contributed by atoms with van der Waals surface area (Å²) in [6.07, 6.45) is 0. The Kier molecular flexibility index (Phi) is 4.16. The van der Waals surface area contributed by atoms with Crippen molar-refractivity contribution in [2.45, 2.75) is 19.9 Å². The summed E-state index contributed by atoms with van der Waals surface area (Å²) in [5.74, 6) is -0.102. The number of hydrogen-bond acceptors (Lipinski definition) is 3. The number of aromatic nitrogens is 2. The summed E-state index contributed by atoms with van der Waals surface area (Å²) in [7, 11) is 1.64. The molecule has 0 fully saturated rings. The van der Waals surface area contributed by atoms with Gasteiger partial charge in [-0.25, -0.2) is 4.68 Å². The van der Waals surface area contributed by atoms with Gasteiger partial charge < -0.3 is 5.32 Å². The summed E-state index contributed by atoms with van der Waals surface area (Å²) < 4.78 is 1.34. The lowest BCUT2D eigenvalue weighted by molar-refractivity contribution is 0.0943. The third kappa shape index (κ3) is 2.93. The van der Waals surface area contributed by atoms with Crippen LogP contribution < -0.4 is 10.9 Å². The molecule has 0 atom stereocenters. The first kappa shape index (κ1) is 15.9. The topological polar surface area (TPSA) is 64.0 Å². The minimum atomic E-state index is -0.123. The van der Waals surface area contributed by atoms with Crippen molar-refractivity contribution >= 4 is 16.7 Å². The van der Waals surface area contributed by atoms with Crippen LogP contribution in [0.3, 0.4) is 0 Å². The largest absolute Gasteiger partial charge is 0.350 e. The van der Waals surface area contributed by atoms with Gasteiger partial charge in [-0.15, -0.1) is 0 Å². The molecule has 0 spiro atoms. The maximum atomic E-state index is 12.2. The fourth-order valence-electron chi connectivity index (χ4n) is 2.64. The molecule has 0 saturated carbocycles. The first-order valence-electron chi connectivity index (χ1n) is 7.84. The predicted octanol–water partition coefficient (Wildman–Crippen LogP) is 2.74. The lowest BCUT2D eigenvalue weighted by atomic mass is 10.0. The van der Waals surface area contributed by atoms with Gasteiger partial charge in [-0.1, -0.05) is 30.3 Å². The van der Waals surface area contributed by atoms with Crippen molar-refractivity contribution in [3.05, 3.63) is 64.4 Å². The molecule has 1 N–H and O–H groups in total. The molecule has 3 rings (SSSR count). The summed E-state index contributed by atoms with van der Waals surface area (Å²) >= 11 is 0. The van der Waals surface area contributed by atoms with E-state index < -0.39 is 0 Å². The number of amides is 1. The van der Waals surface area contributed by atoms with E-state index in [1.807, 2.05) is 44.2 Å². The van der Waals surface area contributed by atoms with Crippen LogP contribution >= 0.6 is 0 Å². The second-order valence-electron chi connectivity index (χ2n) is 6.03. The van der Waals surface area contributed by atoms with Gasteiger partial charge in [-0.05, 0) is 32.0 Å². The Balaban J connectivity index is 2.07. The van der Waals surface area contributed by atoms with Crippen LogP contribution in [0.4, 0.5) is 0 Å². The molecule has 5 nitrogen and oxygen atoms in total. The van der Waals surface area contributed by atoms with E-state index in [9.17, 15) is 9.59 Å². The number of carbonyl (C=O) groups is 1. The molecule has 122 valence electrons. The molecule has 1 amide bonds. The number of fused-ring (bicyclic) bond motifs is 1. The molecule has 1 heterocycles. The van der Waals surface area contributed by atoms with Gasteiger partial charge in [0.1, 0.15) is 0 Å². The molecular formula is C19H19N3O2. The quantitative estimate of drug-likeness (QED) is 0.807. The van der Waals surface area contributed by atoms with Gasteiger partial charge in [-0.3, -0.25) is 9.59 Å². The molecule has 0 saturated heterocycles. The van der Waals surface area contributed by atoms with Crippen molar-refractivity contribution < 1.29 is 4.79 Å². The van der Waals surface area contributed by atoms with E-state index in [1.165, 1.54) is 4.68 Å². The Labute approximate surface area is 139 Å². The number of nitrogens with zero attached hydrogens (tertiary/aromatic N) is 2. The van der Waals surface area contributed by atoms with Gasteiger partial charge >= 0.3 is 0 Å². The Hall–Kier alpha value is -2.95. The molecule has 0 radical (unpaired) electrons. The SMILES string of the molecule is CC(C)NC(=O)c1ccc(-c2nn(C)c(=O)c3ccccc23)cc1. The normalized spacial score (nSPS) is 11.0. The zero-order valence-electron chi connectivity index (χ0n) is 13.9. The molecule has 0 aliphatic rings. The van der Waals surface area contributed by atoms with Gasteiger partial charge in [0.15, 0.2) is 0 Å². The number of benzene rings is 2. The van der Waals surface area contributed by atoms with Crippen LogP contribution in [-0.2, 0) is 7.05 Å². The van der Waals surface area contributed by atoms with Gasteiger partial charge in [0.2, 0.25) is 0 Å². The molecule has 3 aromatic rings. The van der Waals surface area contributed by atoms with E-state index in [4.69, 9.17) is 0 Å².